The molecule has 8 heteroatoms. The van der Waals surface area contributed by atoms with Crippen LogP contribution in [0.4, 0.5) is 4.39 Å². The van der Waals surface area contributed by atoms with Crippen molar-refractivity contribution in [1.82, 2.24) is 4.72 Å². The fraction of sp³-hybridized carbons (Fsp3) is 0.350. The second-order valence-corrected chi connectivity index (χ2v) is 8.42. The predicted octanol–water partition coefficient (Wildman–Crippen LogP) is 4.62. The molecule has 0 aliphatic heterocycles. The van der Waals surface area contributed by atoms with Crippen LogP contribution in [0.5, 0.6) is 0 Å². The van der Waals surface area contributed by atoms with Crippen LogP contribution in [0.15, 0.2) is 53.4 Å². The molecular formula is C20H23ClFNO4S. The third-order valence-electron chi connectivity index (χ3n) is 4.30. The smallest absolute Gasteiger partial charge is 0.305 e. The molecule has 0 saturated heterocycles. The van der Waals surface area contributed by atoms with Gasteiger partial charge in [0.15, 0.2) is 0 Å². The molecule has 1 N–H and O–H groups in total. The normalized spacial score (nSPS) is 12.5. The van der Waals surface area contributed by atoms with Gasteiger partial charge in [0, 0.05) is 12.5 Å². The van der Waals surface area contributed by atoms with E-state index in [9.17, 15) is 17.6 Å². The third kappa shape index (κ3) is 6.58. The van der Waals surface area contributed by atoms with Crippen molar-refractivity contribution in [3.05, 3.63) is 64.9 Å². The summed E-state index contributed by atoms with van der Waals surface area (Å²) >= 11 is 6.04. The van der Waals surface area contributed by atoms with Crippen LogP contribution >= 0.6 is 11.6 Å². The number of carbonyl (C=O) groups excluding carboxylic acids is 1. The summed E-state index contributed by atoms with van der Waals surface area (Å²) in [7, 11) is -2.51. The average molecular weight is 428 g/mol. The quantitative estimate of drug-likeness (QED) is 0.443. The number of nitrogens with one attached hydrogen (secondary N) is 1. The van der Waals surface area contributed by atoms with Crippen LogP contribution in [0.1, 0.15) is 43.7 Å². The summed E-state index contributed by atoms with van der Waals surface area (Å²) in [6.07, 6.45) is 2.89. The molecule has 5 nitrogen and oxygen atoms in total. The van der Waals surface area contributed by atoms with Gasteiger partial charge in [0.25, 0.3) is 0 Å². The predicted molar refractivity (Wildman–Crippen MR) is 106 cm³/mol. The number of sulfonamides is 1. The monoisotopic (exact) mass is 427 g/mol. The van der Waals surface area contributed by atoms with E-state index in [0.29, 0.717) is 31.2 Å². The molecule has 0 radical (unpaired) electrons. The van der Waals surface area contributed by atoms with Crippen LogP contribution in [0, 0.1) is 5.82 Å². The number of ether oxygens (including phenoxy) is 1. The van der Waals surface area contributed by atoms with Gasteiger partial charge in [-0.25, -0.2) is 17.5 Å². The van der Waals surface area contributed by atoms with E-state index in [-0.39, 0.29) is 15.9 Å². The van der Waals surface area contributed by atoms with E-state index in [1.807, 2.05) is 0 Å². The molecule has 0 aliphatic carbocycles. The van der Waals surface area contributed by atoms with Gasteiger partial charge in [-0.3, -0.25) is 4.79 Å². The van der Waals surface area contributed by atoms with E-state index in [2.05, 4.69) is 9.46 Å². The average Bonchev–Trinajstić information content (AvgIpc) is 2.67. The van der Waals surface area contributed by atoms with Crippen molar-refractivity contribution >= 4 is 27.6 Å². The minimum atomic E-state index is -3.86. The second kappa shape index (κ2) is 10.5. The van der Waals surface area contributed by atoms with E-state index in [4.69, 9.17) is 11.6 Å². The molecule has 28 heavy (non-hydrogen) atoms. The molecule has 1 unspecified atom stereocenters. The van der Waals surface area contributed by atoms with E-state index in [1.165, 1.54) is 31.4 Å². The molecule has 2 aromatic carbocycles. The lowest BCUT2D eigenvalue weighted by atomic mass is 10.0. The highest BCUT2D eigenvalue weighted by Gasteiger charge is 2.23. The highest BCUT2D eigenvalue weighted by Crippen LogP contribution is 2.26. The molecule has 0 aromatic heterocycles. The molecule has 0 bridgehead atoms. The van der Waals surface area contributed by atoms with Gasteiger partial charge >= 0.3 is 5.97 Å². The molecule has 0 fully saturated rings. The van der Waals surface area contributed by atoms with Crippen molar-refractivity contribution in [3.63, 3.8) is 0 Å². The summed E-state index contributed by atoms with van der Waals surface area (Å²) in [6.45, 7) is 0. The molecule has 0 aliphatic rings. The Kier molecular flexibility index (Phi) is 8.41. The summed E-state index contributed by atoms with van der Waals surface area (Å²) in [5, 5.41) is 0.130. The highest BCUT2D eigenvalue weighted by molar-refractivity contribution is 7.89. The largest absolute Gasteiger partial charge is 0.469 e. The van der Waals surface area contributed by atoms with E-state index in [0.717, 1.165) is 6.42 Å². The number of hydrogen-bond acceptors (Lipinski definition) is 4. The first-order valence-corrected chi connectivity index (χ1v) is 10.8. The number of unbranched alkanes of at least 4 members (excludes halogenated alkanes) is 2. The number of benzene rings is 2. The highest BCUT2D eigenvalue weighted by atomic mass is 35.5. The summed E-state index contributed by atoms with van der Waals surface area (Å²) in [5.74, 6) is -0.663. The summed E-state index contributed by atoms with van der Waals surface area (Å²) in [5.41, 5.74) is 0.657. The molecular weight excluding hydrogens is 405 g/mol. The number of rotatable bonds is 10. The molecule has 2 rings (SSSR count). The lowest BCUT2D eigenvalue weighted by Crippen LogP contribution is -2.29. The Labute approximate surface area is 169 Å². The Bertz CT molecular complexity index is 887. The summed E-state index contributed by atoms with van der Waals surface area (Å²) < 4.78 is 46.1. The number of halogens is 2. The lowest BCUT2D eigenvalue weighted by Gasteiger charge is -2.20. The first-order chi connectivity index (χ1) is 13.3. The number of methoxy groups -OCH3 is 1. The van der Waals surface area contributed by atoms with Crippen LogP contribution < -0.4 is 4.72 Å². The maximum Gasteiger partial charge on any atom is 0.305 e. The molecule has 0 heterocycles. The van der Waals surface area contributed by atoms with Crippen LogP contribution in [-0.4, -0.2) is 21.5 Å². The zero-order valence-electron chi connectivity index (χ0n) is 15.5. The molecule has 2 aromatic rings. The number of carbonyl (C=O) groups is 1. The maximum absolute atomic E-state index is 13.3. The van der Waals surface area contributed by atoms with Gasteiger partial charge in [-0.15, -0.1) is 0 Å². The Hall–Kier alpha value is -1.96. The van der Waals surface area contributed by atoms with Crippen molar-refractivity contribution in [2.45, 2.75) is 43.0 Å². The first kappa shape index (κ1) is 22.3. The molecule has 1 atom stereocenters. The van der Waals surface area contributed by atoms with Crippen molar-refractivity contribution < 1.29 is 22.3 Å². The standard InChI is InChI=1S/C20H23ClFNO4S/c1-27-20(24)10-4-2-3-8-18(15-11-13-16(22)14-12-15)23-28(25,26)19-9-6-5-7-17(19)21/h5-7,9,11-14,18,23H,2-4,8,10H2,1H3. The number of esters is 1. The van der Waals surface area contributed by atoms with Crippen molar-refractivity contribution in [1.29, 1.82) is 0 Å². The van der Waals surface area contributed by atoms with Gasteiger partial charge in [-0.1, -0.05) is 48.7 Å². The van der Waals surface area contributed by atoms with Gasteiger partial charge < -0.3 is 4.74 Å². The Morgan fingerprint density at radius 2 is 1.79 bits per heavy atom. The van der Waals surface area contributed by atoms with E-state index < -0.39 is 21.9 Å². The van der Waals surface area contributed by atoms with Crippen LogP contribution in [0.2, 0.25) is 5.02 Å². The van der Waals surface area contributed by atoms with Crippen molar-refractivity contribution in [3.8, 4) is 0 Å². The maximum atomic E-state index is 13.3. The fourth-order valence-corrected chi connectivity index (χ4v) is 4.58. The zero-order valence-corrected chi connectivity index (χ0v) is 17.1. The summed E-state index contributed by atoms with van der Waals surface area (Å²) in [4.78, 5) is 11.2. The van der Waals surface area contributed by atoms with Crippen LogP contribution in [-0.2, 0) is 19.6 Å². The van der Waals surface area contributed by atoms with Gasteiger partial charge in [0.05, 0.1) is 12.1 Å². The van der Waals surface area contributed by atoms with Crippen molar-refractivity contribution in [2.75, 3.05) is 7.11 Å². The SMILES string of the molecule is COC(=O)CCCCCC(NS(=O)(=O)c1ccccc1Cl)c1ccc(F)cc1. The summed E-state index contributed by atoms with van der Waals surface area (Å²) in [6, 6.07) is 11.4. The molecule has 0 saturated carbocycles. The second-order valence-electron chi connectivity index (χ2n) is 6.33. The van der Waals surface area contributed by atoms with Gasteiger partial charge in [0.1, 0.15) is 10.7 Å². The van der Waals surface area contributed by atoms with Crippen molar-refractivity contribution in [2.24, 2.45) is 0 Å². The molecule has 152 valence electrons. The topological polar surface area (TPSA) is 72.5 Å². The molecule has 0 amide bonds. The Balaban J connectivity index is 2.11. The van der Waals surface area contributed by atoms with E-state index >= 15 is 0 Å². The third-order valence-corrected chi connectivity index (χ3v) is 6.27. The fourth-order valence-electron chi connectivity index (χ4n) is 2.80. The van der Waals surface area contributed by atoms with Gasteiger partial charge in [-0.05, 0) is 42.7 Å². The van der Waals surface area contributed by atoms with Crippen LogP contribution in [0.3, 0.4) is 0 Å². The first-order valence-electron chi connectivity index (χ1n) is 8.92. The Morgan fingerprint density at radius 1 is 1.11 bits per heavy atom. The van der Waals surface area contributed by atoms with Gasteiger partial charge in [-0.2, -0.15) is 0 Å². The minimum absolute atomic E-state index is 0.00512. The minimum Gasteiger partial charge on any atom is -0.469 e. The van der Waals surface area contributed by atoms with Gasteiger partial charge in [0.2, 0.25) is 10.0 Å². The number of hydrogen-bond donors (Lipinski definition) is 1. The van der Waals surface area contributed by atoms with E-state index in [1.54, 1.807) is 24.3 Å². The molecule has 0 spiro atoms. The van der Waals surface area contributed by atoms with Crippen LogP contribution in [0.25, 0.3) is 0 Å². The zero-order chi connectivity index (χ0) is 20.6. The lowest BCUT2D eigenvalue weighted by molar-refractivity contribution is -0.140. The Morgan fingerprint density at radius 3 is 2.43 bits per heavy atom.